The number of hydrogen-bond acceptors (Lipinski definition) is 3. The van der Waals surface area contributed by atoms with Gasteiger partial charge in [0.15, 0.2) is 5.96 Å². The summed E-state index contributed by atoms with van der Waals surface area (Å²) in [4.78, 5) is 4.16. The van der Waals surface area contributed by atoms with Crippen LogP contribution in [0.1, 0.15) is 19.3 Å². The van der Waals surface area contributed by atoms with E-state index in [1.165, 1.54) is 0 Å². The molecule has 1 aromatic carbocycles. The molecular weight excluding hydrogens is 230 g/mol. The molecule has 0 aliphatic heterocycles. The van der Waals surface area contributed by atoms with E-state index in [9.17, 15) is 5.11 Å². The number of ether oxygens (including phenoxy) is 1. The first-order valence-corrected chi connectivity index (χ1v) is 6.05. The molecule has 1 fully saturated rings. The van der Waals surface area contributed by atoms with Crippen molar-refractivity contribution in [2.45, 2.75) is 24.9 Å². The molecular formula is C13H19N3O2. The van der Waals surface area contributed by atoms with Crippen molar-refractivity contribution in [3.63, 3.8) is 0 Å². The summed E-state index contributed by atoms with van der Waals surface area (Å²) < 4.78 is 5.12. The van der Waals surface area contributed by atoms with Crippen LogP contribution in [0.5, 0.6) is 5.75 Å². The standard InChI is InChI=1S/C13H19N3O2/c1-18-11-5-2-4-10(8-11)16-12(14)15-9-13(17)6-3-7-13/h2,4-5,8,17H,3,6-7,9H2,1H3,(H3,14,15,16). The Hall–Kier alpha value is -1.75. The Morgan fingerprint density at radius 1 is 1.56 bits per heavy atom. The SMILES string of the molecule is COc1cccc(NC(N)=NCC2(O)CCC2)c1. The normalized spacial score (nSPS) is 18.0. The van der Waals surface area contributed by atoms with Gasteiger partial charge in [-0.1, -0.05) is 6.07 Å². The van der Waals surface area contributed by atoms with Crippen molar-refractivity contribution in [3.05, 3.63) is 24.3 Å². The number of aliphatic hydroxyl groups is 1. The number of guanidine groups is 1. The number of rotatable bonds is 4. The third kappa shape index (κ3) is 3.13. The molecule has 1 aliphatic carbocycles. The molecule has 0 unspecified atom stereocenters. The first kappa shape index (κ1) is 12.7. The fraction of sp³-hybridized carbons (Fsp3) is 0.462. The predicted molar refractivity (Wildman–Crippen MR) is 71.9 cm³/mol. The first-order valence-electron chi connectivity index (χ1n) is 6.05. The van der Waals surface area contributed by atoms with Gasteiger partial charge < -0.3 is 20.9 Å². The van der Waals surface area contributed by atoms with E-state index < -0.39 is 5.60 Å². The molecule has 0 spiro atoms. The van der Waals surface area contributed by atoms with Crippen molar-refractivity contribution in [2.24, 2.45) is 10.7 Å². The average Bonchev–Trinajstić information content (AvgIpc) is 2.34. The van der Waals surface area contributed by atoms with Crippen LogP contribution in [-0.4, -0.2) is 30.3 Å². The lowest BCUT2D eigenvalue weighted by Crippen LogP contribution is -2.41. The van der Waals surface area contributed by atoms with Gasteiger partial charge in [-0.15, -0.1) is 0 Å². The highest BCUT2D eigenvalue weighted by Crippen LogP contribution is 2.31. The maximum atomic E-state index is 9.90. The summed E-state index contributed by atoms with van der Waals surface area (Å²) in [6.45, 7) is 0.357. The van der Waals surface area contributed by atoms with Gasteiger partial charge in [0.25, 0.3) is 0 Å². The Balaban J connectivity index is 1.93. The van der Waals surface area contributed by atoms with E-state index in [0.29, 0.717) is 12.5 Å². The monoisotopic (exact) mass is 249 g/mol. The number of nitrogens with one attached hydrogen (secondary N) is 1. The Morgan fingerprint density at radius 3 is 2.94 bits per heavy atom. The van der Waals surface area contributed by atoms with E-state index in [1.807, 2.05) is 24.3 Å². The van der Waals surface area contributed by atoms with Crippen LogP contribution in [-0.2, 0) is 0 Å². The fourth-order valence-electron chi connectivity index (χ4n) is 1.86. The zero-order valence-electron chi connectivity index (χ0n) is 10.5. The first-order chi connectivity index (χ1) is 8.61. The van der Waals surface area contributed by atoms with Gasteiger partial charge in [-0.05, 0) is 31.4 Å². The minimum absolute atomic E-state index is 0.309. The lowest BCUT2D eigenvalue weighted by atomic mass is 9.80. The minimum Gasteiger partial charge on any atom is -0.497 e. The molecule has 0 amide bonds. The van der Waals surface area contributed by atoms with E-state index in [4.69, 9.17) is 10.5 Å². The summed E-state index contributed by atoms with van der Waals surface area (Å²) in [6, 6.07) is 7.44. The molecule has 1 saturated carbocycles. The summed E-state index contributed by atoms with van der Waals surface area (Å²) in [5.74, 6) is 1.06. The van der Waals surface area contributed by atoms with Crippen molar-refractivity contribution < 1.29 is 9.84 Å². The molecule has 2 rings (SSSR count). The summed E-state index contributed by atoms with van der Waals surface area (Å²) in [5, 5.41) is 12.9. The average molecular weight is 249 g/mol. The van der Waals surface area contributed by atoms with E-state index >= 15 is 0 Å². The van der Waals surface area contributed by atoms with E-state index in [-0.39, 0.29) is 0 Å². The maximum absolute atomic E-state index is 9.90. The van der Waals surface area contributed by atoms with E-state index in [1.54, 1.807) is 7.11 Å². The number of hydrogen-bond donors (Lipinski definition) is 3. The van der Waals surface area contributed by atoms with Crippen molar-refractivity contribution in [1.29, 1.82) is 0 Å². The second-order valence-electron chi connectivity index (χ2n) is 4.64. The zero-order valence-corrected chi connectivity index (χ0v) is 10.5. The number of anilines is 1. The van der Waals surface area contributed by atoms with Crippen LogP contribution < -0.4 is 15.8 Å². The van der Waals surface area contributed by atoms with Crippen LogP contribution in [0, 0.1) is 0 Å². The van der Waals surface area contributed by atoms with Gasteiger partial charge >= 0.3 is 0 Å². The molecule has 18 heavy (non-hydrogen) atoms. The second kappa shape index (κ2) is 5.27. The molecule has 98 valence electrons. The summed E-state index contributed by atoms with van der Waals surface area (Å²) in [7, 11) is 1.61. The highest BCUT2D eigenvalue weighted by molar-refractivity contribution is 5.92. The number of methoxy groups -OCH3 is 1. The number of aliphatic imine (C=N–C) groups is 1. The summed E-state index contributed by atoms with van der Waals surface area (Å²) in [5.41, 5.74) is 5.95. The highest BCUT2D eigenvalue weighted by atomic mass is 16.5. The van der Waals surface area contributed by atoms with Crippen LogP contribution in [0.4, 0.5) is 5.69 Å². The number of nitrogens with two attached hydrogens (primary N) is 1. The van der Waals surface area contributed by atoms with Crippen molar-refractivity contribution >= 4 is 11.6 Å². The lowest BCUT2D eigenvalue weighted by Gasteiger charge is -2.34. The van der Waals surface area contributed by atoms with Crippen LogP contribution in [0.3, 0.4) is 0 Å². The molecule has 5 heteroatoms. The Bertz CT molecular complexity index is 442. The van der Waals surface area contributed by atoms with Gasteiger partial charge in [0.2, 0.25) is 0 Å². The molecule has 4 N–H and O–H groups in total. The number of nitrogens with zero attached hydrogens (tertiary/aromatic N) is 1. The van der Waals surface area contributed by atoms with Gasteiger partial charge in [0, 0.05) is 11.8 Å². The minimum atomic E-state index is -0.638. The van der Waals surface area contributed by atoms with Crippen LogP contribution >= 0.6 is 0 Å². The van der Waals surface area contributed by atoms with Crippen LogP contribution in [0.25, 0.3) is 0 Å². The molecule has 5 nitrogen and oxygen atoms in total. The zero-order chi connectivity index (χ0) is 13.0. The molecule has 0 saturated heterocycles. The molecule has 1 aliphatic rings. The van der Waals surface area contributed by atoms with Crippen LogP contribution in [0.15, 0.2) is 29.3 Å². The van der Waals surface area contributed by atoms with Gasteiger partial charge in [-0.3, -0.25) is 4.99 Å². The predicted octanol–water partition coefficient (Wildman–Crippen LogP) is 1.34. The van der Waals surface area contributed by atoms with Crippen molar-refractivity contribution in [2.75, 3.05) is 19.0 Å². The summed E-state index contributed by atoms with van der Waals surface area (Å²) >= 11 is 0. The third-order valence-corrected chi connectivity index (χ3v) is 3.17. The van der Waals surface area contributed by atoms with E-state index in [0.717, 1.165) is 30.7 Å². The molecule has 1 aromatic rings. The fourth-order valence-corrected chi connectivity index (χ4v) is 1.86. The molecule has 0 heterocycles. The summed E-state index contributed by atoms with van der Waals surface area (Å²) in [6.07, 6.45) is 2.68. The topological polar surface area (TPSA) is 79.9 Å². The third-order valence-electron chi connectivity index (χ3n) is 3.17. The number of benzene rings is 1. The molecule has 0 radical (unpaired) electrons. The maximum Gasteiger partial charge on any atom is 0.193 e. The van der Waals surface area contributed by atoms with E-state index in [2.05, 4.69) is 10.3 Å². The quantitative estimate of drug-likeness (QED) is 0.555. The Labute approximate surface area is 107 Å². The Morgan fingerprint density at radius 2 is 2.33 bits per heavy atom. The molecule has 0 aromatic heterocycles. The smallest absolute Gasteiger partial charge is 0.193 e. The van der Waals surface area contributed by atoms with Gasteiger partial charge in [-0.2, -0.15) is 0 Å². The van der Waals surface area contributed by atoms with Crippen molar-refractivity contribution in [1.82, 2.24) is 0 Å². The largest absolute Gasteiger partial charge is 0.497 e. The van der Waals surface area contributed by atoms with Gasteiger partial charge in [0.05, 0.1) is 19.3 Å². The lowest BCUT2D eigenvalue weighted by molar-refractivity contribution is -0.0235. The molecule has 0 atom stereocenters. The van der Waals surface area contributed by atoms with Gasteiger partial charge in [-0.25, -0.2) is 0 Å². The van der Waals surface area contributed by atoms with Crippen molar-refractivity contribution in [3.8, 4) is 5.75 Å². The Kier molecular flexibility index (Phi) is 3.72. The molecule has 0 bridgehead atoms. The highest BCUT2D eigenvalue weighted by Gasteiger charge is 2.33. The second-order valence-corrected chi connectivity index (χ2v) is 4.64. The van der Waals surface area contributed by atoms with Crippen LogP contribution in [0.2, 0.25) is 0 Å². The van der Waals surface area contributed by atoms with Gasteiger partial charge in [0.1, 0.15) is 5.75 Å².